The van der Waals surface area contributed by atoms with Gasteiger partial charge in [-0.1, -0.05) is 66.7 Å². The van der Waals surface area contributed by atoms with Crippen LogP contribution in [-0.4, -0.2) is 27.0 Å². The van der Waals surface area contributed by atoms with Gasteiger partial charge in [-0.05, 0) is 63.8 Å². The molecule has 0 radical (unpaired) electrons. The Morgan fingerprint density at radius 3 is 2.41 bits per heavy atom. The summed E-state index contributed by atoms with van der Waals surface area (Å²) in [7, 11) is -2.99. The molecule has 0 spiro atoms. The Morgan fingerprint density at radius 1 is 0.878 bits per heavy atom. The highest BCUT2D eigenvalue weighted by molar-refractivity contribution is 9.10. The van der Waals surface area contributed by atoms with Crippen LogP contribution in [0.25, 0.3) is 11.1 Å². The lowest BCUT2D eigenvalue weighted by molar-refractivity contribution is 0.287. The van der Waals surface area contributed by atoms with Gasteiger partial charge in [-0.2, -0.15) is 5.26 Å². The zero-order chi connectivity index (χ0) is 28.4. The Morgan fingerprint density at radius 2 is 1.66 bits per heavy atom. The number of hydrogen-bond donors (Lipinski definition) is 1. The minimum atomic E-state index is -2.99. The number of rotatable bonds is 13. The minimum Gasteiger partial charge on any atom is -0.489 e. The molecule has 1 N–H and O–H groups in total. The Hall–Kier alpha value is -3.35. The number of nitrogens with zero attached hydrogens (tertiary/aromatic N) is 1. The van der Waals surface area contributed by atoms with Crippen molar-refractivity contribution < 1.29 is 17.9 Å². The van der Waals surface area contributed by atoms with Gasteiger partial charge in [-0.15, -0.1) is 12.4 Å². The molecule has 41 heavy (non-hydrogen) atoms. The summed E-state index contributed by atoms with van der Waals surface area (Å²) in [5.41, 5.74) is 5.64. The molecule has 0 bridgehead atoms. The van der Waals surface area contributed by atoms with Crippen LogP contribution in [-0.2, 0) is 29.6 Å². The summed E-state index contributed by atoms with van der Waals surface area (Å²) in [5.74, 6) is 1.47. The average molecular weight is 656 g/mol. The van der Waals surface area contributed by atoms with E-state index in [0.717, 1.165) is 32.3 Å². The zero-order valence-corrected chi connectivity index (χ0v) is 25.9. The standard InChI is InChI=1S/C32H31BrN2O4S.ClH/c1-40(36,37)17-7-16-35-21-27-14-15-29(19-31(27)39-22-25-9-5-8-24(18-25)20-34)38-23-28-12-6-13-30(32(28)33)26-10-3-2-4-11-26;/h2-6,8-15,18-19,35H,7,16-17,21-23H2,1H3;1H. The van der Waals surface area contributed by atoms with E-state index in [0.29, 0.717) is 49.8 Å². The molecule has 0 fully saturated rings. The van der Waals surface area contributed by atoms with E-state index in [2.05, 4.69) is 45.5 Å². The maximum absolute atomic E-state index is 11.4. The molecule has 6 nitrogen and oxygen atoms in total. The van der Waals surface area contributed by atoms with Crippen LogP contribution >= 0.6 is 28.3 Å². The fourth-order valence-electron chi connectivity index (χ4n) is 4.17. The van der Waals surface area contributed by atoms with Gasteiger partial charge in [0.15, 0.2) is 0 Å². The molecular formula is C32H32BrClN2O4S. The van der Waals surface area contributed by atoms with Gasteiger partial charge >= 0.3 is 0 Å². The van der Waals surface area contributed by atoms with Crippen molar-refractivity contribution in [1.82, 2.24) is 5.32 Å². The fraction of sp³-hybridized carbons (Fsp3) is 0.219. The van der Waals surface area contributed by atoms with Gasteiger partial charge in [-0.3, -0.25) is 0 Å². The molecule has 4 aromatic rings. The summed E-state index contributed by atoms with van der Waals surface area (Å²) in [6.45, 7) is 1.75. The number of nitrogens with one attached hydrogen (secondary N) is 1. The molecule has 4 aromatic carbocycles. The first kappa shape index (κ1) is 32.2. The van der Waals surface area contributed by atoms with Crippen molar-refractivity contribution in [2.24, 2.45) is 0 Å². The predicted molar refractivity (Wildman–Crippen MR) is 169 cm³/mol. The molecule has 0 aliphatic carbocycles. The second-order valence-electron chi connectivity index (χ2n) is 9.46. The first-order chi connectivity index (χ1) is 19.3. The highest BCUT2D eigenvalue weighted by Crippen LogP contribution is 2.32. The second-order valence-corrected chi connectivity index (χ2v) is 12.5. The lowest BCUT2D eigenvalue weighted by Crippen LogP contribution is -2.18. The van der Waals surface area contributed by atoms with E-state index in [-0.39, 0.29) is 18.2 Å². The highest BCUT2D eigenvalue weighted by atomic mass is 79.9. The molecule has 0 aliphatic heterocycles. The zero-order valence-electron chi connectivity index (χ0n) is 22.7. The summed E-state index contributed by atoms with van der Waals surface area (Å²) < 4.78 is 36.2. The largest absolute Gasteiger partial charge is 0.489 e. The lowest BCUT2D eigenvalue weighted by atomic mass is 10.0. The fourth-order valence-corrected chi connectivity index (χ4v) is 5.45. The second kappa shape index (κ2) is 15.6. The number of ether oxygens (including phenoxy) is 2. The van der Waals surface area contributed by atoms with Gasteiger partial charge in [0.1, 0.15) is 34.6 Å². The van der Waals surface area contributed by atoms with Gasteiger partial charge in [0.2, 0.25) is 0 Å². The maximum Gasteiger partial charge on any atom is 0.147 e. The third-order valence-electron chi connectivity index (χ3n) is 6.23. The lowest BCUT2D eigenvalue weighted by Gasteiger charge is -2.16. The smallest absolute Gasteiger partial charge is 0.147 e. The summed E-state index contributed by atoms with van der Waals surface area (Å²) >= 11 is 3.76. The highest BCUT2D eigenvalue weighted by Gasteiger charge is 2.11. The molecule has 4 rings (SSSR count). The van der Waals surface area contributed by atoms with Crippen LogP contribution in [0.15, 0.2) is 95.5 Å². The monoisotopic (exact) mass is 654 g/mol. The molecule has 0 saturated heterocycles. The van der Waals surface area contributed by atoms with Crippen LogP contribution in [0, 0.1) is 11.3 Å². The Labute approximate surface area is 256 Å². The molecule has 0 amide bonds. The topological polar surface area (TPSA) is 88.4 Å². The van der Waals surface area contributed by atoms with Crippen LogP contribution in [0.2, 0.25) is 0 Å². The molecule has 214 valence electrons. The number of nitriles is 1. The third-order valence-corrected chi connectivity index (χ3v) is 8.20. The Bertz CT molecular complexity index is 1590. The number of hydrogen-bond acceptors (Lipinski definition) is 6. The molecule has 0 unspecified atom stereocenters. The van der Waals surface area contributed by atoms with E-state index >= 15 is 0 Å². The first-order valence-corrected chi connectivity index (χ1v) is 15.8. The summed E-state index contributed by atoms with van der Waals surface area (Å²) in [6.07, 6.45) is 1.78. The van der Waals surface area contributed by atoms with Crippen molar-refractivity contribution in [3.8, 4) is 28.7 Å². The minimum absolute atomic E-state index is 0. The summed E-state index contributed by atoms with van der Waals surface area (Å²) in [4.78, 5) is 0. The van der Waals surface area contributed by atoms with Gasteiger partial charge in [0.25, 0.3) is 0 Å². The van der Waals surface area contributed by atoms with E-state index in [1.54, 1.807) is 12.1 Å². The van der Waals surface area contributed by atoms with Gasteiger partial charge < -0.3 is 14.8 Å². The number of halogens is 2. The Balaban J connectivity index is 0.00000462. The maximum atomic E-state index is 11.4. The predicted octanol–water partition coefficient (Wildman–Crippen LogP) is 7.09. The van der Waals surface area contributed by atoms with Gasteiger partial charge in [-0.25, -0.2) is 8.42 Å². The van der Waals surface area contributed by atoms with Gasteiger partial charge in [0, 0.05) is 34.5 Å². The number of sulfone groups is 1. The van der Waals surface area contributed by atoms with Gasteiger partial charge in [0.05, 0.1) is 17.4 Å². The molecule has 0 saturated carbocycles. The molecule has 0 aromatic heterocycles. The number of benzene rings is 4. The molecule has 0 aliphatic rings. The van der Waals surface area contributed by atoms with E-state index in [1.807, 2.05) is 60.7 Å². The summed E-state index contributed by atoms with van der Waals surface area (Å²) in [6, 6.07) is 31.5. The first-order valence-electron chi connectivity index (χ1n) is 12.9. The van der Waals surface area contributed by atoms with Crippen LogP contribution < -0.4 is 14.8 Å². The molecular weight excluding hydrogens is 624 g/mol. The van der Waals surface area contributed by atoms with Crippen molar-refractivity contribution >= 4 is 38.2 Å². The van der Waals surface area contributed by atoms with Crippen molar-refractivity contribution in [2.75, 3.05) is 18.6 Å². The quantitative estimate of drug-likeness (QED) is 0.155. The van der Waals surface area contributed by atoms with Crippen LogP contribution in [0.4, 0.5) is 0 Å². The third kappa shape index (κ3) is 9.91. The van der Waals surface area contributed by atoms with E-state index < -0.39 is 9.84 Å². The van der Waals surface area contributed by atoms with Crippen LogP contribution in [0.5, 0.6) is 11.5 Å². The molecule has 9 heteroatoms. The average Bonchev–Trinajstić information content (AvgIpc) is 2.96. The van der Waals surface area contributed by atoms with Crippen LogP contribution in [0.1, 0.15) is 28.7 Å². The Kier molecular flexibility index (Phi) is 12.2. The molecule has 0 heterocycles. The molecule has 0 atom stereocenters. The van der Waals surface area contributed by atoms with Crippen LogP contribution in [0.3, 0.4) is 0 Å². The van der Waals surface area contributed by atoms with Crippen molar-refractivity contribution in [2.45, 2.75) is 26.2 Å². The van der Waals surface area contributed by atoms with Crippen molar-refractivity contribution in [1.29, 1.82) is 5.26 Å². The van der Waals surface area contributed by atoms with E-state index in [4.69, 9.17) is 9.47 Å². The SMILES string of the molecule is CS(=O)(=O)CCCNCc1ccc(OCc2cccc(-c3ccccc3)c2Br)cc1OCc1cccc(C#N)c1.Cl. The van der Waals surface area contributed by atoms with Crippen molar-refractivity contribution in [3.05, 3.63) is 118 Å². The van der Waals surface area contributed by atoms with E-state index in [9.17, 15) is 13.7 Å². The summed E-state index contributed by atoms with van der Waals surface area (Å²) in [5, 5.41) is 12.5. The van der Waals surface area contributed by atoms with Crippen molar-refractivity contribution in [3.63, 3.8) is 0 Å². The van der Waals surface area contributed by atoms with E-state index in [1.165, 1.54) is 6.26 Å². The normalized spacial score (nSPS) is 10.9.